The van der Waals surface area contributed by atoms with Crippen LogP contribution in [0.1, 0.15) is 252 Å². The van der Waals surface area contributed by atoms with Gasteiger partial charge in [-0.15, -0.1) is 0 Å². The van der Waals surface area contributed by atoms with Crippen LogP contribution in [0.2, 0.25) is 0 Å². The van der Waals surface area contributed by atoms with E-state index in [2.05, 4.69) is 69.4 Å². The number of rotatable bonds is 45. The molecule has 0 aromatic carbocycles. The predicted octanol–water partition coefficient (Wildman–Crippen LogP) is 16.3. The highest BCUT2D eigenvalue weighted by atomic mass is 16.6. The number of carbonyl (C=O) groups is 3. The van der Waals surface area contributed by atoms with Gasteiger partial charge in [0.25, 0.3) is 0 Å². The average molecular weight is 827 g/mol. The first-order chi connectivity index (χ1) is 29.0. The van der Waals surface area contributed by atoms with Crippen LogP contribution < -0.4 is 0 Å². The molecule has 0 aliphatic heterocycles. The van der Waals surface area contributed by atoms with Crippen molar-refractivity contribution in [3.05, 3.63) is 48.6 Å². The summed E-state index contributed by atoms with van der Waals surface area (Å²) in [6.07, 6.45) is 56.6. The first-order valence-electron chi connectivity index (χ1n) is 25.1. The van der Waals surface area contributed by atoms with Gasteiger partial charge in [-0.1, -0.05) is 223 Å². The lowest BCUT2D eigenvalue weighted by atomic mass is 10.0. The third-order valence-electron chi connectivity index (χ3n) is 10.8. The van der Waals surface area contributed by atoms with E-state index < -0.39 is 6.10 Å². The molecule has 0 unspecified atom stereocenters. The van der Waals surface area contributed by atoms with Gasteiger partial charge in [-0.3, -0.25) is 14.4 Å². The Kier molecular flexibility index (Phi) is 45.9. The topological polar surface area (TPSA) is 78.9 Å². The summed E-state index contributed by atoms with van der Waals surface area (Å²) in [6.45, 7) is 6.50. The van der Waals surface area contributed by atoms with E-state index in [1.165, 1.54) is 128 Å². The second-order valence-corrected chi connectivity index (χ2v) is 16.7. The van der Waals surface area contributed by atoms with Crippen molar-refractivity contribution in [2.45, 2.75) is 258 Å². The maximum Gasteiger partial charge on any atom is 0.306 e. The lowest BCUT2D eigenvalue weighted by Gasteiger charge is -2.18. The minimum atomic E-state index is -0.789. The molecule has 0 aliphatic rings. The van der Waals surface area contributed by atoms with E-state index in [4.69, 9.17) is 14.2 Å². The second kappa shape index (κ2) is 48.0. The molecule has 0 radical (unpaired) electrons. The Labute approximate surface area is 365 Å². The van der Waals surface area contributed by atoms with Crippen molar-refractivity contribution in [3.63, 3.8) is 0 Å². The van der Waals surface area contributed by atoms with Crippen LogP contribution in [0.3, 0.4) is 0 Å². The Morgan fingerprint density at radius 3 is 1.03 bits per heavy atom. The summed E-state index contributed by atoms with van der Waals surface area (Å²) in [5, 5.41) is 0. The lowest BCUT2D eigenvalue weighted by molar-refractivity contribution is -0.167. The number of hydrogen-bond donors (Lipinski definition) is 0. The van der Waals surface area contributed by atoms with Gasteiger partial charge in [0.15, 0.2) is 6.10 Å². The molecule has 0 rings (SSSR count). The van der Waals surface area contributed by atoms with Crippen LogP contribution in [0.15, 0.2) is 48.6 Å². The summed E-state index contributed by atoms with van der Waals surface area (Å²) in [7, 11) is 0. The highest BCUT2D eigenvalue weighted by Gasteiger charge is 2.19. The normalized spacial score (nSPS) is 11.9. The fourth-order valence-corrected chi connectivity index (χ4v) is 7.08. The summed E-state index contributed by atoms with van der Waals surface area (Å²) in [5.74, 6) is -0.920. The Balaban J connectivity index is 4.43. The Morgan fingerprint density at radius 2 is 0.661 bits per heavy atom. The van der Waals surface area contributed by atoms with Gasteiger partial charge < -0.3 is 14.2 Å². The molecule has 342 valence electrons. The standard InChI is InChI=1S/C53H94O6/c1-4-7-10-13-16-19-22-25-26-29-32-35-38-41-44-47-53(56)59-50(48-57-51(54)45-42-39-36-33-30-27-23-20-17-14-11-8-5-2)49-58-52(55)46-43-40-37-34-31-28-24-21-18-15-12-9-6-3/h7,10,16,19,25-26,32,35,50H,4-6,8-9,11-15,17-18,20-24,27-31,33-34,36-49H2,1-3H3/b10-7-,19-16-,26-25-,35-32-. The highest BCUT2D eigenvalue weighted by Crippen LogP contribution is 2.15. The number of ether oxygens (including phenoxy) is 3. The summed E-state index contributed by atoms with van der Waals surface area (Å²) in [6, 6.07) is 0. The van der Waals surface area contributed by atoms with Gasteiger partial charge >= 0.3 is 17.9 Å². The predicted molar refractivity (Wildman–Crippen MR) is 252 cm³/mol. The molecular formula is C53H94O6. The first-order valence-corrected chi connectivity index (χ1v) is 25.1. The molecule has 59 heavy (non-hydrogen) atoms. The second-order valence-electron chi connectivity index (χ2n) is 16.7. The average Bonchev–Trinajstić information content (AvgIpc) is 3.23. The number of unbranched alkanes of at least 4 members (excludes halogenated alkanes) is 26. The molecule has 0 aromatic heterocycles. The van der Waals surface area contributed by atoms with Crippen molar-refractivity contribution < 1.29 is 28.6 Å². The van der Waals surface area contributed by atoms with Gasteiger partial charge in [0.05, 0.1) is 0 Å². The Hall–Kier alpha value is -2.63. The van der Waals surface area contributed by atoms with Gasteiger partial charge in [-0.05, 0) is 57.8 Å². The van der Waals surface area contributed by atoms with Crippen molar-refractivity contribution in [2.75, 3.05) is 13.2 Å². The van der Waals surface area contributed by atoms with E-state index in [0.717, 1.165) is 77.0 Å². The molecule has 0 amide bonds. The number of esters is 3. The monoisotopic (exact) mass is 827 g/mol. The molecule has 0 aliphatic carbocycles. The number of carbonyl (C=O) groups excluding carboxylic acids is 3. The SMILES string of the molecule is CC/C=C\C/C=C\C/C=C\C/C=C\CCCCC(=O)OC(COC(=O)CCCCCCCCCCCCCCC)COC(=O)CCCCCCCCCCCCCCC. The number of allylic oxidation sites excluding steroid dienone is 8. The summed E-state index contributed by atoms with van der Waals surface area (Å²) in [4.78, 5) is 37.9. The van der Waals surface area contributed by atoms with Gasteiger partial charge in [0.2, 0.25) is 0 Å². The van der Waals surface area contributed by atoms with Crippen LogP contribution in [-0.2, 0) is 28.6 Å². The van der Waals surface area contributed by atoms with Crippen LogP contribution in [0.5, 0.6) is 0 Å². The first kappa shape index (κ1) is 56.4. The smallest absolute Gasteiger partial charge is 0.306 e. The van der Waals surface area contributed by atoms with Crippen LogP contribution in [0.25, 0.3) is 0 Å². The van der Waals surface area contributed by atoms with Crippen LogP contribution in [-0.4, -0.2) is 37.2 Å². The van der Waals surface area contributed by atoms with Crippen molar-refractivity contribution in [1.82, 2.24) is 0 Å². The summed E-state index contributed by atoms with van der Waals surface area (Å²) >= 11 is 0. The molecular weight excluding hydrogens is 733 g/mol. The van der Waals surface area contributed by atoms with Crippen molar-refractivity contribution >= 4 is 17.9 Å². The van der Waals surface area contributed by atoms with Gasteiger partial charge in [0.1, 0.15) is 13.2 Å². The van der Waals surface area contributed by atoms with E-state index >= 15 is 0 Å². The van der Waals surface area contributed by atoms with Crippen LogP contribution in [0.4, 0.5) is 0 Å². The van der Waals surface area contributed by atoms with Gasteiger partial charge in [0, 0.05) is 19.3 Å². The molecule has 0 saturated heterocycles. The maximum atomic E-state index is 12.8. The minimum absolute atomic E-state index is 0.0863. The largest absolute Gasteiger partial charge is 0.462 e. The third-order valence-corrected chi connectivity index (χ3v) is 10.8. The molecule has 0 saturated carbocycles. The molecule has 0 fully saturated rings. The van der Waals surface area contributed by atoms with Crippen molar-refractivity contribution in [3.8, 4) is 0 Å². The van der Waals surface area contributed by atoms with Crippen molar-refractivity contribution in [1.29, 1.82) is 0 Å². The van der Waals surface area contributed by atoms with Gasteiger partial charge in [-0.25, -0.2) is 0 Å². The summed E-state index contributed by atoms with van der Waals surface area (Å²) < 4.78 is 16.7. The molecule has 0 bridgehead atoms. The van der Waals surface area contributed by atoms with E-state index in [9.17, 15) is 14.4 Å². The Bertz CT molecular complexity index is 997. The van der Waals surface area contributed by atoms with E-state index in [1.54, 1.807) is 0 Å². The zero-order valence-electron chi connectivity index (χ0n) is 39.0. The lowest BCUT2D eigenvalue weighted by Crippen LogP contribution is -2.30. The zero-order chi connectivity index (χ0) is 43.0. The van der Waals surface area contributed by atoms with E-state index in [1.807, 2.05) is 0 Å². The molecule has 0 N–H and O–H groups in total. The maximum absolute atomic E-state index is 12.8. The molecule has 0 heterocycles. The van der Waals surface area contributed by atoms with Crippen LogP contribution in [0, 0.1) is 0 Å². The fourth-order valence-electron chi connectivity index (χ4n) is 7.08. The fraction of sp³-hybridized carbons (Fsp3) is 0.792. The summed E-state index contributed by atoms with van der Waals surface area (Å²) in [5.41, 5.74) is 0. The molecule has 6 nitrogen and oxygen atoms in total. The molecule has 0 atom stereocenters. The molecule has 0 spiro atoms. The van der Waals surface area contributed by atoms with Crippen LogP contribution >= 0.6 is 0 Å². The quantitative estimate of drug-likeness (QED) is 0.0263. The molecule has 0 aromatic rings. The number of hydrogen-bond acceptors (Lipinski definition) is 6. The zero-order valence-corrected chi connectivity index (χ0v) is 39.0. The highest BCUT2D eigenvalue weighted by molar-refractivity contribution is 5.71. The van der Waals surface area contributed by atoms with Crippen molar-refractivity contribution in [2.24, 2.45) is 0 Å². The molecule has 6 heteroatoms. The third kappa shape index (κ3) is 46.3. The van der Waals surface area contributed by atoms with Gasteiger partial charge in [-0.2, -0.15) is 0 Å². The van der Waals surface area contributed by atoms with E-state index in [-0.39, 0.29) is 37.5 Å². The Morgan fingerprint density at radius 1 is 0.356 bits per heavy atom. The van der Waals surface area contributed by atoms with E-state index in [0.29, 0.717) is 19.3 Å². The minimum Gasteiger partial charge on any atom is -0.462 e.